The summed E-state index contributed by atoms with van der Waals surface area (Å²) in [6, 6.07) is 11.2. The number of amides is 1. The van der Waals surface area contributed by atoms with Gasteiger partial charge in [0, 0.05) is 12.1 Å². The summed E-state index contributed by atoms with van der Waals surface area (Å²) >= 11 is 6.02. The number of rotatable bonds is 4. The van der Waals surface area contributed by atoms with E-state index in [0.717, 1.165) is 12.1 Å². The number of hydrogen-bond donors (Lipinski definition) is 2. The summed E-state index contributed by atoms with van der Waals surface area (Å²) in [4.78, 5) is 20.6. The van der Waals surface area contributed by atoms with Crippen LogP contribution in [0, 0.1) is 18.6 Å². The zero-order valence-electron chi connectivity index (χ0n) is 13.6. The molecule has 1 aromatic heterocycles. The fraction of sp³-hybridized carbons (Fsp3) is 0.0556. The Morgan fingerprint density at radius 1 is 1.04 bits per heavy atom. The molecule has 0 atom stereocenters. The average molecular weight is 375 g/mol. The predicted molar refractivity (Wildman–Crippen MR) is 95.8 cm³/mol. The van der Waals surface area contributed by atoms with Gasteiger partial charge in [-0.1, -0.05) is 23.7 Å². The van der Waals surface area contributed by atoms with Gasteiger partial charge in [-0.3, -0.25) is 4.79 Å². The number of halogens is 3. The first-order valence-electron chi connectivity index (χ1n) is 7.56. The lowest BCUT2D eigenvalue weighted by Gasteiger charge is -2.10. The van der Waals surface area contributed by atoms with Crippen molar-refractivity contribution in [3.63, 3.8) is 0 Å². The number of aryl methyl sites for hydroxylation is 1. The zero-order chi connectivity index (χ0) is 18.7. The first-order chi connectivity index (χ1) is 12.4. The van der Waals surface area contributed by atoms with Crippen LogP contribution in [0.25, 0.3) is 0 Å². The molecule has 26 heavy (non-hydrogen) atoms. The molecule has 3 aromatic rings. The van der Waals surface area contributed by atoms with E-state index in [-0.39, 0.29) is 17.2 Å². The molecule has 0 spiro atoms. The molecule has 2 N–H and O–H groups in total. The van der Waals surface area contributed by atoms with Gasteiger partial charge >= 0.3 is 0 Å². The van der Waals surface area contributed by atoms with Gasteiger partial charge in [0.15, 0.2) is 0 Å². The van der Waals surface area contributed by atoms with Gasteiger partial charge in [-0.15, -0.1) is 0 Å². The van der Waals surface area contributed by atoms with Gasteiger partial charge in [0.05, 0.1) is 16.4 Å². The van der Waals surface area contributed by atoms with Gasteiger partial charge in [0.25, 0.3) is 5.91 Å². The van der Waals surface area contributed by atoms with Crippen molar-refractivity contribution in [3.8, 4) is 0 Å². The number of hydrogen-bond acceptors (Lipinski definition) is 4. The number of anilines is 3. The number of carbonyl (C=O) groups is 1. The maximum absolute atomic E-state index is 13.8. The molecule has 2 aromatic carbocycles. The van der Waals surface area contributed by atoms with Crippen molar-refractivity contribution in [1.82, 2.24) is 9.97 Å². The molecule has 0 fully saturated rings. The molecule has 1 heterocycles. The summed E-state index contributed by atoms with van der Waals surface area (Å²) in [5, 5.41) is 5.75. The second-order valence-corrected chi connectivity index (χ2v) is 5.78. The van der Waals surface area contributed by atoms with Gasteiger partial charge < -0.3 is 10.6 Å². The summed E-state index contributed by atoms with van der Waals surface area (Å²) in [5.41, 5.74) is 0.541. The Balaban J connectivity index is 1.85. The highest BCUT2D eigenvalue weighted by Crippen LogP contribution is 2.22. The molecule has 0 aliphatic heterocycles. The van der Waals surface area contributed by atoms with Crippen LogP contribution in [0.2, 0.25) is 5.02 Å². The Morgan fingerprint density at radius 2 is 1.81 bits per heavy atom. The molecule has 5 nitrogen and oxygen atoms in total. The standard InChI is InChI=1S/C18H13ClF2N4O/c1-10-22-16(18(26)25-14-5-3-2-4-12(14)19)9-17(23-10)24-15-7-6-11(20)8-13(15)21/h2-9H,1H3,(H,25,26)(H,22,23,24). The third-order valence-electron chi connectivity index (χ3n) is 3.39. The first-order valence-corrected chi connectivity index (χ1v) is 7.94. The monoisotopic (exact) mass is 374 g/mol. The second-order valence-electron chi connectivity index (χ2n) is 5.37. The molecular formula is C18H13ClF2N4O. The first kappa shape index (κ1) is 17.8. The van der Waals surface area contributed by atoms with Gasteiger partial charge in [0.1, 0.15) is 29.0 Å². The van der Waals surface area contributed by atoms with Gasteiger partial charge in [0.2, 0.25) is 0 Å². The second kappa shape index (κ2) is 7.45. The van der Waals surface area contributed by atoms with Crippen molar-refractivity contribution in [2.75, 3.05) is 10.6 Å². The topological polar surface area (TPSA) is 66.9 Å². The molecule has 0 aliphatic carbocycles. The summed E-state index contributed by atoms with van der Waals surface area (Å²) in [6.45, 7) is 1.60. The predicted octanol–water partition coefficient (Wildman–Crippen LogP) is 4.71. The lowest BCUT2D eigenvalue weighted by molar-refractivity contribution is 0.102. The van der Waals surface area contributed by atoms with Crippen LogP contribution < -0.4 is 10.6 Å². The molecule has 0 aliphatic rings. The quantitative estimate of drug-likeness (QED) is 0.694. The summed E-state index contributed by atoms with van der Waals surface area (Å²) in [6.07, 6.45) is 0. The Morgan fingerprint density at radius 3 is 2.54 bits per heavy atom. The minimum absolute atomic E-state index is 0.0296. The Labute approximate surface area is 153 Å². The Hall–Kier alpha value is -3.06. The van der Waals surface area contributed by atoms with E-state index in [1.807, 2.05) is 0 Å². The van der Waals surface area contributed by atoms with E-state index in [0.29, 0.717) is 16.5 Å². The van der Waals surface area contributed by atoms with E-state index in [1.54, 1.807) is 31.2 Å². The van der Waals surface area contributed by atoms with Crippen LogP contribution in [-0.2, 0) is 0 Å². The third kappa shape index (κ3) is 4.12. The molecule has 0 bridgehead atoms. The Bertz CT molecular complexity index is 981. The molecule has 132 valence electrons. The number of nitrogens with one attached hydrogen (secondary N) is 2. The van der Waals surface area contributed by atoms with Crippen molar-refractivity contribution in [2.45, 2.75) is 6.92 Å². The largest absolute Gasteiger partial charge is 0.338 e. The molecule has 3 rings (SSSR count). The number of aromatic nitrogens is 2. The average Bonchev–Trinajstić information content (AvgIpc) is 2.59. The number of nitrogens with zero attached hydrogens (tertiary/aromatic N) is 2. The smallest absolute Gasteiger partial charge is 0.274 e. The van der Waals surface area contributed by atoms with Crippen LogP contribution in [0.3, 0.4) is 0 Å². The zero-order valence-corrected chi connectivity index (χ0v) is 14.3. The van der Waals surface area contributed by atoms with Crippen LogP contribution in [0.5, 0.6) is 0 Å². The number of carbonyl (C=O) groups excluding carboxylic acids is 1. The molecule has 8 heteroatoms. The fourth-order valence-electron chi connectivity index (χ4n) is 2.23. The molecule has 0 saturated carbocycles. The lowest BCUT2D eigenvalue weighted by atomic mass is 10.2. The van der Waals surface area contributed by atoms with E-state index in [1.165, 1.54) is 12.1 Å². The maximum atomic E-state index is 13.8. The number of para-hydroxylation sites is 1. The van der Waals surface area contributed by atoms with E-state index in [2.05, 4.69) is 20.6 Å². The van der Waals surface area contributed by atoms with E-state index >= 15 is 0 Å². The number of benzene rings is 2. The fourth-order valence-corrected chi connectivity index (χ4v) is 2.41. The summed E-state index contributed by atoms with van der Waals surface area (Å²) in [5.74, 6) is -1.45. The van der Waals surface area contributed by atoms with Crippen molar-refractivity contribution in [2.24, 2.45) is 0 Å². The van der Waals surface area contributed by atoms with Crippen molar-refractivity contribution < 1.29 is 13.6 Å². The normalized spacial score (nSPS) is 10.5. The third-order valence-corrected chi connectivity index (χ3v) is 3.72. The highest BCUT2D eigenvalue weighted by molar-refractivity contribution is 6.33. The minimum atomic E-state index is -0.775. The van der Waals surface area contributed by atoms with Crippen LogP contribution in [0.15, 0.2) is 48.5 Å². The summed E-state index contributed by atoms with van der Waals surface area (Å²) in [7, 11) is 0. The molecular weight excluding hydrogens is 362 g/mol. The maximum Gasteiger partial charge on any atom is 0.274 e. The van der Waals surface area contributed by atoms with Crippen LogP contribution in [-0.4, -0.2) is 15.9 Å². The van der Waals surface area contributed by atoms with Crippen molar-refractivity contribution >= 4 is 34.7 Å². The lowest BCUT2D eigenvalue weighted by Crippen LogP contribution is -2.15. The summed E-state index contributed by atoms with van der Waals surface area (Å²) < 4.78 is 26.8. The van der Waals surface area contributed by atoms with Gasteiger partial charge in [-0.25, -0.2) is 18.7 Å². The minimum Gasteiger partial charge on any atom is -0.338 e. The van der Waals surface area contributed by atoms with E-state index < -0.39 is 17.5 Å². The van der Waals surface area contributed by atoms with Crippen LogP contribution >= 0.6 is 11.6 Å². The molecule has 0 unspecified atom stereocenters. The molecule has 0 radical (unpaired) electrons. The Kier molecular flexibility index (Phi) is 5.09. The highest BCUT2D eigenvalue weighted by atomic mass is 35.5. The van der Waals surface area contributed by atoms with Crippen LogP contribution in [0.4, 0.5) is 26.0 Å². The molecule has 1 amide bonds. The SMILES string of the molecule is Cc1nc(Nc2ccc(F)cc2F)cc(C(=O)Nc2ccccc2Cl)n1. The molecule has 0 saturated heterocycles. The van der Waals surface area contributed by atoms with Gasteiger partial charge in [-0.05, 0) is 31.2 Å². The van der Waals surface area contributed by atoms with E-state index in [9.17, 15) is 13.6 Å². The van der Waals surface area contributed by atoms with Crippen molar-refractivity contribution in [3.05, 3.63) is 76.7 Å². The van der Waals surface area contributed by atoms with Crippen molar-refractivity contribution in [1.29, 1.82) is 0 Å². The van der Waals surface area contributed by atoms with E-state index in [4.69, 9.17) is 11.6 Å². The highest BCUT2D eigenvalue weighted by Gasteiger charge is 2.13. The van der Waals surface area contributed by atoms with Crippen LogP contribution in [0.1, 0.15) is 16.3 Å². The van der Waals surface area contributed by atoms with Gasteiger partial charge in [-0.2, -0.15) is 0 Å².